The highest BCUT2D eigenvalue weighted by atomic mass is 16.4. The van der Waals surface area contributed by atoms with E-state index in [1.54, 1.807) is 0 Å². The van der Waals surface area contributed by atoms with Gasteiger partial charge in [-0.1, -0.05) is 5.16 Å². The van der Waals surface area contributed by atoms with E-state index in [4.69, 9.17) is 5.21 Å². The number of oxime groups is 1. The molecule has 1 heterocycles. The van der Waals surface area contributed by atoms with Gasteiger partial charge in [0.2, 0.25) is 0 Å². The van der Waals surface area contributed by atoms with Gasteiger partial charge in [0, 0.05) is 7.05 Å². The van der Waals surface area contributed by atoms with Crippen LogP contribution >= 0.6 is 0 Å². The minimum absolute atomic E-state index is 0.0903. The van der Waals surface area contributed by atoms with Crippen molar-refractivity contribution < 1.29 is 14.8 Å². The number of carbonyl (C=O) groups excluding carboxylic acids is 2. The summed E-state index contributed by atoms with van der Waals surface area (Å²) in [5.41, 5.74) is -0.0903. The molecular formula is C5H6N2O3. The second-order valence-corrected chi connectivity index (χ2v) is 2.04. The topological polar surface area (TPSA) is 70.0 Å². The normalized spacial score (nSPS) is 22.9. The van der Waals surface area contributed by atoms with E-state index in [1.807, 2.05) is 0 Å². The largest absolute Gasteiger partial charge is 0.410 e. The zero-order valence-corrected chi connectivity index (χ0v) is 5.37. The molecule has 5 heteroatoms. The summed E-state index contributed by atoms with van der Waals surface area (Å²) < 4.78 is 0. The Labute approximate surface area is 56.9 Å². The van der Waals surface area contributed by atoms with Gasteiger partial charge in [-0.25, -0.2) is 0 Å². The summed E-state index contributed by atoms with van der Waals surface area (Å²) in [6.45, 7) is 0.105. The molecule has 1 aliphatic rings. The first-order chi connectivity index (χ1) is 4.66. The molecule has 1 amide bonds. The van der Waals surface area contributed by atoms with Crippen LogP contribution in [-0.2, 0) is 9.59 Å². The standard InChI is InChI=1S/C5H6N2O3/c1-7-2-3(6-10)4(8)5(7)9/h10H,2H2,1H3. The van der Waals surface area contributed by atoms with E-state index >= 15 is 0 Å². The minimum Gasteiger partial charge on any atom is -0.410 e. The molecule has 0 unspecified atom stereocenters. The van der Waals surface area contributed by atoms with Gasteiger partial charge in [0.15, 0.2) is 5.71 Å². The summed E-state index contributed by atoms with van der Waals surface area (Å²) in [6.07, 6.45) is 0. The highest BCUT2D eigenvalue weighted by molar-refractivity contribution is 6.68. The lowest BCUT2D eigenvalue weighted by atomic mass is 10.3. The molecule has 0 saturated carbocycles. The summed E-state index contributed by atoms with van der Waals surface area (Å²) in [6, 6.07) is 0. The van der Waals surface area contributed by atoms with Crippen LogP contribution in [0.4, 0.5) is 0 Å². The second kappa shape index (κ2) is 2.09. The Morgan fingerprint density at radius 2 is 2.20 bits per heavy atom. The molecule has 54 valence electrons. The van der Waals surface area contributed by atoms with Gasteiger partial charge in [-0.05, 0) is 0 Å². The molecule has 0 radical (unpaired) electrons. The fourth-order valence-corrected chi connectivity index (χ4v) is 0.742. The van der Waals surface area contributed by atoms with Gasteiger partial charge in [-0.15, -0.1) is 0 Å². The lowest BCUT2D eigenvalue weighted by Crippen LogP contribution is -2.22. The molecule has 5 nitrogen and oxygen atoms in total. The molecule has 1 rings (SSSR count). The Balaban J connectivity index is 2.92. The molecule has 1 fully saturated rings. The Hall–Kier alpha value is -1.39. The smallest absolute Gasteiger partial charge is 0.296 e. The molecule has 1 saturated heterocycles. The summed E-state index contributed by atoms with van der Waals surface area (Å²) in [5, 5.41) is 10.8. The van der Waals surface area contributed by atoms with Crippen LogP contribution in [0.2, 0.25) is 0 Å². The molecule has 0 bridgehead atoms. The second-order valence-electron chi connectivity index (χ2n) is 2.04. The Kier molecular flexibility index (Phi) is 1.41. The first-order valence-electron chi connectivity index (χ1n) is 2.67. The molecule has 1 aliphatic heterocycles. The van der Waals surface area contributed by atoms with E-state index in [-0.39, 0.29) is 12.3 Å². The van der Waals surface area contributed by atoms with Gasteiger partial charge in [0.05, 0.1) is 6.54 Å². The maximum atomic E-state index is 10.7. The van der Waals surface area contributed by atoms with E-state index in [1.165, 1.54) is 11.9 Å². The molecule has 0 aromatic carbocycles. The van der Waals surface area contributed by atoms with E-state index in [0.29, 0.717) is 0 Å². The van der Waals surface area contributed by atoms with Crippen LogP contribution in [0.1, 0.15) is 0 Å². The predicted octanol–water partition coefficient (Wildman–Crippen LogP) is -1.14. The number of likely N-dealkylation sites (N-methyl/N-ethyl adjacent to an activating group) is 1. The van der Waals surface area contributed by atoms with Crippen molar-refractivity contribution in [2.45, 2.75) is 0 Å². The monoisotopic (exact) mass is 142 g/mol. The average molecular weight is 142 g/mol. The van der Waals surface area contributed by atoms with E-state index in [9.17, 15) is 9.59 Å². The number of rotatable bonds is 0. The first kappa shape index (κ1) is 6.73. The van der Waals surface area contributed by atoms with Crippen LogP contribution in [0.15, 0.2) is 5.16 Å². The Bertz CT molecular complexity index is 221. The van der Waals surface area contributed by atoms with Crippen LogP contribution < -0.4 is 0 Å². The van der Waals surface area contributed by atoms with Crippen LogP contribution in [0.5, 0.6) is 0 Å². The van der Waals surface area contributed by atoms with Crippen molar-refractivity contribution in [1.82, 2.24) is 4.90 Å². The summed E-state index contributed by atoms with van der Waals surface area (Å²) in [7, 11) is 1.47. The zero-order chi connectivity index (χ0) is 7.72. The van der Waals surface area contributed by atoms with Crippen molar-refractivity contribution in [1.29, 1.82) is 0 Å². The van der Waals surface area contributed by atoms with Gasteiger partial charge in [0.1, 0.15) is 0 Å². The summed E-state index contributed by atoms with van der Waals surface area (Å²) in [5.74, 6) is -1.34. The van der Waals surface area contributed by atoms with Gasteiger partial charge >= 0.3 is 0 Å². The summed E-state index contributed by atoms with van der Waals surface area (Å²) in [4.78, 5) is 22.5. The van der Waals surface area contributed by atoms with Crippen LogP contribution in [0.3, 0.4) is 0 Å². The number of amides is 1. The molecule has 0 atom stereocenters. The number of nitrogens with zero attached hydrogens (tertiary/aromatic N) is 2. The fourth-order valence-electron chi connectivity index (χ4n) is 0.742. The maximum Gasteiger partial charge on any atom is 0.296 e. The minimum atomic E-state index is -0.718. The van der Waals surface area contributed by atoms with E-state index in [0.717, 1.165) is 0 Å². The molecule has 0 aromatic rings. The third kappa shape index (κ3) is 0.754. The number of hydrogen-bond acceptors (Lipinski definition) is 4. The van der Waals surface area contributed by atoms with Crippen LogP contribution in [-0.4, -0.2) is 41.1 Å². The lowest BCUT2D eigenvalue weighted by molar-refractivity contribution is -0.137. The quantitative estimate of drug-likeness (QED) is 0.264. The molecular weight excluding hydrogens is 136 g/mol. The number of carbonyl (C=O) groups is 2. The SMILES string of the molecule is CN1CC(=NO)C(=O)C1=O. The third-order valence-electron chi connectivity index (χ3n) is 1.31. The predicted molar refractivity (Wildman–Crippen MR) is 31.9 cm³/mol. The van der Waals surface area contributed by atoms with E-state index in [2.05, 4.69) is 5.16 Å². The van der Waals surface area contributed by atoms with Crippen molar-refractivity contribution in [2.24, 2.45) is 5.16 Å². The zero-order valence-electron chi connectivity index (χ0n) is 5.37. The van der Waals surface area contributed by atoms with E-state index < -0.39 is 11.7 Å². The van der Waals surface area contributed by atoms with Gasteiger partial charge < -0.3 is 10.1 Å². The number of Topliss-reactive ketones (excluding diaryl/α,β-unsaturated/α-hetero) is 1. The molecule has 10 heavy (non-hydrogen) atoms. The van der Waals surface area contributed by atoms with Gasteiger partial charge in [-0.2, -0.15) is 0 Å². The molecule has 0 aromatic heterocycles. The maximum absolute atomic E-state index is 10.7. The Morgan fingerprint density at radius 3 is 2.40 bits per heavy atom. The van der Waals surface area contributed by atoms with Gasteiger partial charge in [-0.3, -0.25) is 9.59 Å². The lowest BCUT2D eigenvalue weighted by Gasteiger charge is -2.01. The number of hydrogen-bond donors (Lipinski definition) is 1. The van der Waals surface area contributed by atoms with Crippen molar-refractivity contribution in [3.63, 3.8) is 0 Å². The van der Waals surface area contributed by atoms with Gasteiger partial charge in [0.25, 0.3) is 11.7 Å². The number of likely N-dealkylation sites (tertiary alicyclic amines) is 1. The highest BCUT2D eigenvalue weighted by Gasteiger charge is 2.33. The van der Waals surface area contributed by atoms with Crippen molar-refractivity contribution in [2.75, 3.05) is 13.6 Å². The Morgan fingerprint density at radius 1 is 1.60 bits per heavy atom. The molecule has 0 spiro atoms. The van der Waals surface area contributed by atoms with Crippen molar-refractivity contribution in [3.05, 3.63) is 0 Å². The van der Waals surface area contributed by atoms with Crippen molar-refractivity contribution >= 4 is 17.4 Å². The number of ketones is 1. The highest BCUT2D eigenvalue weighted by Crippen LogP contribution is 2.00. The molecule has 0 aliphatic carbocycles. The third-order valence-corrected chi connectivity index (χ3v) is 1.31. The van der Waals surface area contributed by atoms with Crippen LogP contribution in [0, 0.1) is 0 Å². The first-order valence-corrected chi connectivity index (χ1v) is 2.67. The summed E-state index contributed by atoms with van der Waals surface area (Å²) >= 11 is 0. The van der Waals surface area contributed by atoms with Crippen LogP contribution in [0.25, 0.3) is 0 Å². The van der Waals surface area contributed by atoms with Crippen molar-refractivity contribution in [3.8, 4) is 0 Å². The average Bonchev–Trinajstić information content (AvgIpc) is 2.17. The molecule has 1 N–H and O–H groups in total. The fraction of sp³-hybridized carbons (Fsp3) is 0.400.